The summed E-state index contributed by atoms with van der Waals surface area (Å²) in [7, 11) is 0. The summed E-state index contributed by atoms with van der Waals surface area (Å²) in [6.07, 6.45) is 5.77. The Morgan fingerprint density at radius 3 is 2.67 bits per heavy atom. The molecule has 1 saturated carbocycles. The van der Waals surface area contributed by atoms with Crippen LogP contribution in [0.4, 0.5) is 0 Å². The quantitative estimate of drug-likeness (QED) is 0.518. The van der Waals surface area contributed by atoms with E-state index in [0.29, 0.717) is 0 Å². The third-order valence-corrected chi connectivity index (χ3v) is 2.74. The van der Waals surface area contributed by atoms with Crippen molar-refractivity contribution in [3.8, 4) is 0 Å². The maximum absolute atomic E-state index is 3.57. The van der Waals surface area contributed by atoms with Crippen molar-refractivity contribution >= 4 is 0 Å². The van der Waals surface area contributed by atoms with Crippen LogP contribution in [-0.4, -0.2) is 12.1 Å². The first-order valence-corrected chi connectivity index (χ1v) is 4.10. The molecule has 1 aliphatic carbocycles. The fraction of sp³-hybridized carbons (Fsp3) is 1.00. The minimum Gasteiger partial charge on any atom is -0.311 e. The van der Waals surface area contributed by atoms with Crippen molar-refractivity contribution in [1.29, 1.82) is 0 Å². The topological polar surface area (TPSA) is 12.0 Å². The molecule has 3 rings (SSSR count). The van der Waals surface area contributed by atoms with E-state index < -0.39 is 0 Å². The van der Waals surface area contributed by atoms with E-state index in [1.807, 2.05) is 0 Å². The van der Waals surface area contributed by atoms with Gasteiger partial charge in [-0.25, -0.2) is 0 Å². The first kappa shape index (κ1) is 5.72. The minimum absolute atomic E-state index is 0.896. The highest BCUT2D eigenvalue weighted by molar-refractivity contribution is 4.92. The van der Waals surface area contributed by atoms with Gasteiger partial charge in [-0.3, -0.25) is 0 Å². The maximum Gasteiger partial charge on any atom is 0.00870 e. The molecule has 52 valence electrons. The van der Waals surface area contributed by atoms with Crippen molar-refractivity contribution in [3.05, 3.63) is 0 Å². The van der Waals surface area contributed by atoms with Crippen molar-refractivity contribution in [3.63, 3.8) is 0 Å². The van der Waals surface area contributed by atoms with Gasteiger partial charge in [0.05, 0.1) is 0 Å². The molecule has 1 nitrogen and oxygen atoms in total. The SMILES string of the molecule is CC1CCC2CC(C1)N2. The molecule has 2 aliphatic heterocycles. The lowest BCUT2D eigenvalue weighted by Gasteiger charge is -2.34. The lowest BCUT2D eigenvalue weighted by molar-refractivity contribution is 0.263. The van der Waals surface area contributed by atoms with Crippen LogP contribution in [0.15, 0.2) is 0 Å². The summed E-state index contributed by atoms with van der Waals surface area (Å²) >= 11 is 0. The van der Waals surface area contributed by atoms with Crippen LogP contribution in [0.3, 0.4) is 0 Å². The molecule has 1 N–H and O–H groups in total. The van der Waals surface area contributed by atoms with Crippen molar-refractivity contribution in [2.75, 3.05) is 0 Å². The zero-order chi connectivity index (χ0) is 6.27. The molecule has 0 aromatic carbocycles. The van der Waals surface area contributed by atoms with Crippen LogP contribution in [0.2, 0.25) is 0 Å². The van der Waals surface area contributed by atoms with Gasteiger partial charge in [0.25, 0.3) is 0 Å². The van der Waals surface area contributed by atoms with E-state index in [2.05, 4.69) is 12.2 Å². The van der Waals surface area contributed by atoms with Crippen molar-refractivity contribution in [2.24, 2.45) is 5.92 Å². The Morgan fingerprint density at radius 1 is 1.11 bits per heavy atom. The normalized spacial score (nSPS) is 49.7. The molecule has 1 heteroatoms. The van der Waals surface area contributed by atoms with Crippen LogP contribution >= 0.6 is 0 Å². The second-order valence-electron chi connectivity index (χ2n) is 3.71. The Labute approximate surface area is 56.8 Å². The molecule has 3 atom stereocenters. The summed E-state index contributed by atoms with van der Waals surface area (Å²) in [6, 6.07) is 1.80. The molecular formula is C8H15N. The molecule has 2 saturated heterocycles. The number of nitrogens with one attached hydrogen (secondary N) is 1. The third kappa shape index (κ3) is 0.983. The first-order valence-electron chi connectivity index (χ1n) is 4.10. The summed E-state index contributed by atoms with van der Waals surface area (Å²) < 4.78 is 0. The Balaban J connectivity index is 1.96. The summed E-state index contributed by atoms with van der Waals surface area (Å²) in [4.78, 5) is 0. The molecule has 3 aliphatic rings. The summed E-state index contributed by atoms with van der Waals surface area (Å²) in [6.45, 7) is 2.38. The summed E-state index contributed by atoms with van der Waals surface area (Å²) in [5, 5.41) is 3.57. The molecular weight excluding hydrogens is 110 g/mol. The van der Waals surface area contributed by atoms with Crippen molar-refractivity contribution < 1.29 is 0 Å². The predicted octanol–water partition coefficient (Wildman–Crippen LogP) is 1.54. The van der Waals surface area contributed by atoms with E-state index in [0.717, 1.165) is 18.0 Å². The lowest BCUT2D eigenvalue weighted by atomic mass is 9.95. The summed E-state index contributed by atoms with van der Waals surface area (Å²) in [5.41, 5.74) is 0. The highest BCUT2D eigenvalue weighted by Gasteiger charge is 2.32. The molecule has 0 aromatic rings. The van der Waals surface area contributed by atoms with Crippen molar-refractivity contribution in [2.45, 2.75) is 44.7 Å². The minimum atomic E-state index is 0.896. The number of hydrogen-bond donors (Lipinski definition) is 1. The van der Waals surface area contributed by atoms with Crippen LogP contribution in [0.5, 0.6) is 0 Å². The van der Waals surface area contributed by atoms with Gasteiger partial charge in [-0.2, -0.15) is 0 Å². The third-order valence-electron chi connectivity index (χ3n) is 2.74. The largest absolute Gasteiger partial charge is 0.311 e. The first-order chi connectivity index (χ1) is 4.34. The van der Waals surface area contributed by atoms with E-state index in [1.54, 1.807) is 0 Å². The van der Waals surface area contributed by atoms with Crippen LogP contribution in [0.25, 0.3) is 0 Å². The van der Waals surface area contributed by atoms with Crippen LogP contribution in [0.1, 0.15) is 32.6 Å². The van der Waals surface area contributed by atoms with Gasteiger partial charge in [0, 0.05) is 12.1 Å². The monoisotopic (exact) mass is 125 g/mol. The lowest BCUT2D eigenvalue weighted by Crippen LogP contribution is -2.50. The standard InChI is InChI=1S/C8H15N/c1-6-2-3-7-5-8(4-6)9-7/h6-9H,2-5H2,1H3. The highest BCUT2D eigenvalue weighted by Crippen LogP contribution is 2.29. The van der Waals surface area contributed by atoms with Gasteiger partial charge in [0.2, 0.25) is 0 Å². The highest BCUT2D eigenvalue weighted by atomic mass is 15.0. The predicted molar refractivity (Wildman–Crippen MR) is 38.3 cm³/mol. The zero-order valence-corrected chi connectivity index (χ0v) is 6.06. The van der Waals surface area contributed by atoms with Gasteiger partial charge in [-0.1, -0.05) is 6.92 Å². The van der Waals surface area contributed by atoms with E-state index in [-0.39, 0.29) is 0 Å². The smallest absolute Gasteiger partial charge is 0.00870 e. The van der Waals surface area contributed by atoms with Gasteiger partial charge in [0.1, 0.15) is 0 Å². The van der Waals surface area contributed by atoms with Gasteiger partial charge in [0.15, 0.2) is 0 Å². The second-order valence-corrected chi connectivity index (χ2v) is 3.71. The molecule has 3 unspecified atom stereocenters. The fourth-order valence-corrected chi connectivity index (χ4v) is 2.11. The van der Waals surface area contributed by atoms with E-state index in [9.17, 15) is 0 Å². The Bertz CT molecular complexity index is 105. The van der Waals surface area contributed by atoms with Crippen LogP contribution in [-0.2, 0) is 0 Å². The van der Waals surface area contributed by atoms with Gasteiger partial charge in [-0.15, -0.1) is 0 Å². The maximum atomic E-state index is 3.57. The van der Waals surface area contributed by atoms with Gasteiger partial charge < -0.3 is 5.32 Å². The average molecular weight is 125 g/mol. The van der Waals surface area contributed by atoms with E-state index >= 15 is 0 Å². The number of rotatable bonds is 0. The van der Waals surface area contributed by atoms with E-state index in [4.69, 9.17) is 0 Å². The number of hydrogen-bond acceptors (Lipinski definition) is 1. The molecule has 0 radical (unpaired) electrons. The molecule has 0 amide bonds. The molecule has 2 bridgehead atoms. The van der Waals surface area contributed by atoms with Crippen LogP contribution in [0, 0.1) is 5.92 Å². The Kier molecular flexibility index (Phi) is 1.26. The van der Waals surface area contributed by atoms with E-state index in [1.165, 1.54) is 25.7 Å². The number of fused-ring (bicyclic) bond motifs is 3. The average Bonchev–Trinajstić information content (AvgIpc) is 1.93. The Hall–Kier alpha value is -0.0400. The Morgan fingerprint density at radius 2 is 1.89 bits per heavy atom. The second kappa shape index (κ2) is 1.98. The van der Waals surface area contributed by atoms with Gasteiger partial charge >= 0.3 is 0 Å². The molecule has 2 heterocycles. The molecule has 3 fully saturated rings. The zero-order valence-electron chi connectivity index (χ0n) is 6.06. The van der Waals surface area contributed by atoms with Gasteiger partial charge in [-0.05, 0) is 31.6 Å². The van der Waals surface area contributed by atoms with Crippen LogP contribution < -0.4 is 5.32 Å². The molecule has 9 heavy (non-hydrogen) atoms. The fourth-order valence-electron chi connectivity index (χ4n) is 2.11. The summed E-state index contributed by atoms with van der Waals surface area (Å²) in [5.74, 6) is 0.981. The molecule has 0 spiro atoms. The van der Waals surface area contributed by atoms with Crippen molar-refractivity contribution in [1.82, 2.24) is 5.32 Å². The molecule has 0 aromatic heterocycles.